The van der Waals surface area contributed by atoms with E-state index >= 15 is 0 Å². The first kappa shape index (κ1) is 16.7. The number of piperidine rings is 1. The normalized spacial score (nSPS) is 19.4. The average molecular weight is 374 g/mol. The maximum absolute atomic E-state index is 11.0. The maximum atomic E-state index is 11.0. The predicted molar refractivity (Wildman–Crippen MR) is 98.6 cm³/mol. The average Bonchev–Trinajstić information content (AvgIpc) is 2.58. The topological polar surface area (TPSA) is 23.5 Å². The Morgan fingerprint density at radius 3 is 2.26 bits per heavy atom. The van der Waals surface area contributed by atoms with E-state index in [1.54, 1.807) is 0 Å². The molecule has 0 saturated carbocycles. The summed E-state index contributed by atoms with van der Waals surface area (Å²) in [6.07, 6.45) is 1.60. The van der Waals surface area contributed by atoms with Crippen molar-refractivity contribution in [2.24, 2.45) is 0 Å². The van der Waals surface area contributed by atoms with Crippen LogP contribution < -0.4 is 0 Å². The van der Waals surface area contributed by atoms with Crippen molar-refractivity contribution in [1.82, 2.24) is 4.90 Å². The second-order valence-electron chi connectivity index (χ2n) is 6.65. The zero-order valence-corrected chi connectivity index (χ0v) is 15.2. The monoisotopic (exact) mass is 373 g/mol. The van der Waals surface area contributed by atoms with Crippen LogP contribution in [0, 0.1) is 0 Å². The molecule has 1 fully saturated rings. The summed E-state index contributed by atoms with van der Waals surface area (Å²) in [5.41, 5.74) is 1.76. The lowest BCUT2D eigenvalue weighted by molar-refractivity contribution is -0.0267. The standard InChI is InChI=1S/C20H24BrNO/c1-16(17-5-3-2-4-6-17)15-22-13-11-20(23,12-14-22)18-7-9-19(21)10-8-18/h2-10,16,23H,11-15H2,1H3. The van der Waals surface area contributed by atoms with Gasteiger partial charge in [0.1, 0.15) is 0 Å². The number of likely N-dealkylation sites (tertiary alicyclic amines) is 1. The first-order valence-corrected chi connectivity index (χ1v) is 9.12. The van der Waals surface area contributed by atoms with Crippen LogP contribution in [0.1, 0.15) is 36.8 Å². The fourth-order valence-electron chi connectivity index (χ4n) is 3.43. The molecule has 2 aromatic carbocycles. The van der Waals surface area contributed by atoms with Gasteiger partial charge in [0.25, 0.3) is 0 Å². The zero-order chi connectivity index (χ0) is 16.3. The third-order valence-electron chi connectivity index (χ3n) is 4.97. The van der Waals surface area contributed by atoms with E-state index in [1.807, 2.05) is 24.3 Å². The Morgan fingerprint density at radius 1 is 1.04 bits per heavy atom. The van der Waals surface area contributed by atoms with Gasteiger partial charge < -0.3 is 10.0 Å². The lowest BCUT2D eigenvalue weighted by Crippen LogP contribution is -2.43. The molecule has 1 aliphatic heterocycles. The molecule has 2 nitrogen and oxygen atoms in total. The SMILES string of the molecule is CC(CN1CCC(O)(c2ccc(Br)cc2)CC1)c1ccccc1. The largest absolute Gasteiger partial charge is 0.385 e. The van der Waals surface area contributed by atoms with Gasteiger partial charge in [0.2, 0.25) is 0 Å². The van der Waals surface area contributed by atoms with Crippen LogP contribution in [-0.4, -0.2) is 29.6 Å². The lowest BCUT2D eigenvalue weighted by Gasteiger charge is -2.39. The van der Waals surface area contributed by atoms with Crippen molar-refractivity contribution >= 4 is 15.9 Å². The minimum Gasteiger partial charge on any atom is -0.385 e. The molecule has 0 amide bonds. The van der Waals surface area contributed by atoms with Crippen LogP contribution in [0.15, 0.2) is 59.1 Å². The van der Waals surface area contributed by atoms with Gasteiger partial charge in [-0.05, 0) is 42.0 Å². The first-order chi connectivity index (χ1) is 11.1. The summed E-state index contributed by atoms with van der Waals surface area (Å²) in [6.45, 7) is 5.23. The van der Waals surface area contributed by atoms with Gasteiger partial charge in [0.05, 0.1) is 5.60 Å². The van der Waals surface area contributed by atoms with Crippen LogP contribution >= 0.6 is 15.9 Å². The van der Waals surface area contributed by atoms with E-state index in [1.165, 1.54) is 5.56 Å². The molecule has 2 aromatic rings. The molecule has 1 heterocycles. The van der Waals surface area contributed by atoms with Gasteiger partial charge >= 0.3 is 0 Å². The Hall–Kier alpha value is -1.16. The molecule has 0 aliphatic carbocycles. The van der Waals surface area contributed by atoms with E-state index in [2.05, 4.69) is 58.1 Å². The van der Waals surface area contributed by atoms with Gasteiger partial charge in [-0.25, -0.2) is 0 Å². The molecule has 122 valence electrons. The Kier molecular flexibility index (Phi) is 5.20. The number of benzene rings is 2. The summed E-state index contributed by atoms with van der Waals surface area (Å²) in [6, 6.07) is 18.8. The van der Waals surface area contributed by atoms with Crippen LogP contribution in [0.5, 0.6) is 0 Å². The van der Waals surface area contributed by atoms with Crippen LogP contribution in [0.2, 0.25) is 0 Å². The molecule has 1 unspecified atom stereocenters. The molecular weight excluding hydrogens is 350 g/mol. The van der Waals surface area contributed by atoms with Gasteiger partial charge in [0, 0.05) is 24.1 Å². The highest BCUT2D eigenvalue weighted by Gasteiger charge is 2.34. The van der Waals surface area contributed by atoms with Crippen LogP contribution in [0.4, 0.5) is 0 Å². The minimum atomic E-state index is -0.673. The third-order valence-corrected chi connectivity index (χ3v) is 5.49. The fourth-order valence-corrected chi connectivity index (χ4v) is 3.69. The number of aliphatic hydroxyl groups is 1. The summed E-state index contributed by atoms with van der Waals surface area (Å²) in [5, 5.41) is 11.0. The summed E-state index contributed by atoms with van der Waals surface area (Å²) in [5.74, 6) is 0.523. The molecule has 0 aromatic heterocycles. The quantitative estimate of drug-likeness (QED) is 0.850. The predicted octanol–water partition coefficient (Wildman–Crippen LogP) is 4.54. The van der Waals surface area contributed by atoms with Crippen molar-refractivity contribution in [2.45, 2.75) is 31.3 Å². The molecular formula is C20H24BrNO. The van der Waals surface area contributed by atoms with Gasteiger partial charge in [-0.15, -0.1) is 0 Å². The molecule has 23 heavy (non-hydrogen) atoms. The van der Waals surface area contributed by atoms with E-state index in [0.717, 1.165) is 42.5 Å². The van der Waals surface area contributed by atoms with E-state index in [4.69, 9.17) is 0 Å². The molecule has 1 N–H and O–H groups in total. The van der Waals surface area contributed by atoms with E-state index < -0.39 is 5.60 Å². The van der Waals surface area contributed by atoms with E-state index in [9.17, 15) is 5.11 Å². The molecule has 1 saturated heterocycles. The molecule has 1 aliphatic rings. The second-order valence-corrected chi connectivity index (χ2v) is 7.57. The summed E-state index contributed by atoms with van der Waals surface area (Å²) >= 11 is 3.46. The molecule has 0 spiro atoms. The smallest absolute Gasteiger partial charge is 0.0920 e. The number of rotatable bonds is 4. The van der Waals surface area contributed by atoms with Crippen LogP contribution in [-0.2, 0) is 5.60 Å². The summed E-state index contributed by atoms with van der Waals surface area (Å²) in [7, 11) is 0. The number of halogens is 1. The number of hydrogen-bond donors (Lipinski definition) is 1. The van der Waals surface area contributed by atoms with Crippen molar-refractivity contribution in [3.8, 4) is 0 Å². The molecule has 0 radical (unpaired) electrons. The minimum absolute atomic E-state index is 0.523. The summed E-state index contributed by atoms with van der Waals surface area (Å²) in [4.78, 5) is 2.48. The van der Waals surface area contributed by atoms with E-state index in [-0.39, 0.29) is 0 Å². The highest BCUT2D eigenvalue weighted by Crippen LogP contribution is 2.34. The highest BCUT2D eigenvalue weighted by molar-refractivity contribution is 9.10. The molecule has 0 bridgehead atoms. The first-order valence-electron chi connectivity index (χ1n) is 8.32. The molecule has 1 atom stereocenters. The lowest BCUT2D eigenvalue weighted by atomic mass is 9.84. The van der Waals surface area contributed by atoms with Gasteiger partial charge in [-0.3, -0.25) is 0 Å². The number of nitrogens with zero attached hydrogens (tertiary/aromatic N) is 1. The maximum Gasteiger partial charge on any atom is 0.0920 e. The zero-order valence-electron chi connectivity index (χ0n) is 13.6. The van der Waals surface area contributed by atoms with Crippen LogP contribution in [0.3, 0.4) is 0 Å². The number of hydrogen-bond acceptors (Lipinski definition) is 2. The fraction of sp³-hybridized carbons (Fsp3) is 0.400. The van der Waals surface area contributed by atoms with Crippen molar-refractivity contribution < 1.29 is 5.11 Å². The Balaban J connectivity index is 1.59. The Morgan fingerprint density at radius 2 is 1.65 bits per heavy atom. The van der Waals surface area contributed by atoms with Gasteiger partial charge in [-0.1, -0.05) is 65.3 Å². The van der Waals surface area contributed by atoms with Crippen LogP contribution in [0.25, 0.3) is 0 Å². The second kappa shape index (κ2) is 7.16. The molecule has 3 heteroatoms. The van der Waals surface area contributed by atoms with Crippen molar-refractivity contribution in [1.29, 1.82) is 0 Å². The van der Waals surface area contributed by atoms with Gasteiger partial charge in [-0.2, -0.15) is 0 Å². The third kappa shape index (κ3) is 4.03. The van der Waals surface area contributed by atoms with Crippen molar-refractivity contribution in [2.75, 3.05) is 19.6 Å². The Labute approximate surface area is 147 Å². The molecule has 3 rings (SSSR count). The van der Waals surface area contributed by atoms with Crippen molar-refractivity contribution in [3.63, 3.8) is 0 Å². The Bertz CT molecular complexity index is 618. The summed E-state index contributed by atoms with van der Waals surface area (Å²) < 4.78 is 1.05. The van der Waals surface area contributed by atoms with Crippen molar-refractivity contribution in [3.05, 3.63) is 70.2 Å². The highest BCUT2D eigenvalue weighted by atomic mass is 79.9. The van der Waals surface area contributed by atoms with E-state index in [0.29, 0.717) is 5.92 Å². The van der Waals surface area contributed by atoms with Gasteiger partial charge in [0.15, 0.2) is 0 Å².